The van der Waals surface area contributed by atoms with E-state index in [-0.39, 0.29) is 16.9 Å². The Morgan fingerprint density at radius 3 is 2.37 bits per heavy atom. The van der Waals surface area contributed by atoms with Gasteiger partial charge in [-0.25, -0.2) is 4.79 Å². The van der Waals surface area contributed by atoms with E-state index < -0.39 is 29.6 Å². The van der Waals surface area contributed by atoms with Gasteiger partial charge in [0.15, 0.2) is 11.5 Å². The van der Waals surface area contributed by atoms with E-state index >= 15 is 0 Å². The maximum absolute atomic E-state index is 13.1. The van der Waals surface area contributed by atoms with Gasteiger partial charge in [0, 0.05) is 11.6 Å². The molecule has 0 saturated carbocycles. The normalized spacial score (nSPS) is 16.4. The molecule has 1 amide bonds. The molecule has 1 unspecified atom stereocenters. The van der Waals surface area contributed by atoms with Gasteiger partial charge in [0.1, 0.15) is 0 Å². The average Bonchev–Trinajstić information content (AvgIpc) is 3.03. The van der Waals surface area contributed by atoms with E-state index in [2.05, 4.69) is 0 Å². The number of rotatable bonds is 6. The molecule has 1 N–H and O–H groups in total. The number of carbonyl (C=O) groups is 3. The second-order valence-corrected chi connectivity index (χ2v) is 7.50. The molecule has 6 nitrogen and oxygen atoms in total. The monoisotopic (exact) mass is 407 g/mol. The minimum Gasteiger partial charge on any atom is -0.503 e. The fourth-order valence-electron chi connectivity index (χ4n) is 3.59. The average molecular weight is 407 g/mol. The fraction of sp³-hybridized carbons (Fsp3) is 0.292. The number of Topliss-reactive ketones (excluding diaryl/α,β-unsaturated/α-hetero) is 1. The summed E-state index contributed by atoms with van der Waals surface area (Å²) in [7, 11) is 1.28. The van der Waals surface area contributed by atoms with Crippen molar-refractivity contribution < 1.29 is 24.2 Å². The van der Waals surface area contributed by atoms with Gasteiger partial charge < -0.3 is 9.84 Å². The minimum absolute atomic E-state index is 0.0720. The van der Waals surface area contributed by atoms with Crippen LogP contribution in [0.1, 0.15) is 48.3 Å². The molecule has 0 radical (unpaired) electrons. The molecule has 156 valence electrons. The highest BCUT2D eigenvalue weighted by Gasteiger charge is 2.44. The van der Waals surface area contributed by atoms with Crippen LogP contribution in [-0.2, 0) is 20.7 Å². The van der Waals surface area contributed by atoms with Crippen molar-refractivity contribution in [3.8, 4) is 0 Å². The van der Waals surface area contributed by atoms with Gasteiger partial charge in [-0.3, -0.25) is 14.5 Å². The number of anilines is 1. The Balaban J connectivity index is 2.17. The van der Waals surface area contributed by atoms with E-state index in [9.17, 15) is 19.5 Å². The largest absolute Gasteiger partial charge is 0.503 e. The molecule has 2 aromatic carbocycles. The first-order valence-electron chi connectivity index (χ1n) is 9.88. The van der Waals surface area contributed by atoms with Gasteiger partial charge in [0.25, 0.3) is 5.91 Å². The summed E-state index contributed by atoms with van der Waals surface area (Å²) in [6, 6.07) is 13.2. The van der Waals surface area contributed by atoms with Gasteiger partial charge in [-0.15, -0.1) is 0 Å². The number of aliphatic hydroxyl groups is 1. The number of benzene rings is 2. The number of aliphatic hydroxyl groups excluding tert-OH is 1. The number of ketones is 1. The molecule has 1 atom stereocenters. The zero-order chi connectivity index (χ0) is 22.0. The lowest BCUT2D eigenvalue weighted by Gasteiger charge is -2.27. The van der Waals surface area contributed by atoms with Crippen LogP contribution in [0, 0.1) is 5.92 Å². The van der Waals surface area contributed by atoms with E-state index in [1.54, 1.807) is 32.0 Å². The minimum atomic E-state index is -0.786. The highest BCUT2D eigenvalue weighted by molar-refractivity contribution is 6.17. The second-order valence-electron chi connectivity index (χ2n) is 7.50. The number of esters is 1. The summed E-state index contributed by atoms with van der Waals surface area (Å²) in [6.07, 6.45) is 0.855. The topological polar surface area (TPSA) is 83.9 Å². The predicted molar refractivity (Wildman–Crippen MR) is 113 cm³/mol. The number of methoxy groups -OCH3 is 1. The summed E-state index contributed by atoms with van der Waals surface area (Å²) in [5, 5.41) is 10.6. The first kappa shape index (κ1) is 21.3. The molecule has 6 heteroatoms. The van der Waals surface area contributed by atoms with Gasteiger partial charge in [-0.1, -0.05) is 51.1 Å². The molecule has 0 aliphatic carbocycles. The smallest absolute Gasteiger partial charge is 0.337 e. The number of hydrogen-bond donors (Lipinski definition) is 1. The third kappa shape index (κ3) is 3.73. The first-order valence-corrected chi connectivity index (χ1v) is 9.88. The molecule has 0 fully saturated rings. The second kappa shape index (κ2) is 8.53. The Bertz CT molecular complexity index is 1020. The third-order valence-electron chi connectivity index (χ3n) is 5.25. The Morgan fingerprint density at radius 1 is 1.13 bits per heavy atom. The van der Waals surface area contributed by atoms with Crippen molar-refractivity contribution >= 4 is 23.3 Å². The first-order chi connectivity index (χ1) is 14.3. The van der Waals surface area contributed by atoms with Crippen LogP contribution in [0.4, 0.5) is 5.69 Å². The third-order valence-corrected chi connectivity index (χ3v) is 5.25. The van der Waals surface area contributed by atoms with Crippen LogP contribution in [0.2, 0.25) is 0 Å². The standard InChI is InChI=1S/C24H25NO5/c1-5-15-9-11-16(12-10-15)20-19(21(26)14(2)3)22(27)23(28)25(20)18-8-6-7-17(13-18)24(29)30-4/h6-14,20,27H,5H2,1-4H3. The zero-order valence-corrected chi connectivity index (χ0v) is 17.5. The van der Waals surface area contributed by atoms with Crippen molar-refractivity contribution in [3.05, 3.63) is 76.6 Å². The van der Waals surface area contributed by atoms with Crippen molar-refractivity contribution in [2.24, 2.45) is 5.92 Å². The van der Waals surface area contributed by atoms with Crippen molar-refractivity contribution in [1.82, 2.24) is 0 Å². The molecule has 3 rings (SSSR count). The Labute approximate surface area is 175 Å². The van der Waals surface area contributed by atoms with Crippen LogP contribution in [0.3, 0.4) is 0 Å². The number of carbonyl (C=O) groups excluding carboxylic acids is 3. The van der Waals surface area contributed by atoms with Gasteiger partial charge in [-0.05, 0) is 35.7 Å². The van der Waals surface area contributed by atoms with Crippen LogP contribution in [0.15, 0.2) is 59.9 Å². The summed E-state index contributed by atoms with van der Waals surface area (Å²) >= 11 is 0. The van der Waals surface area contributed by atoms with Crippen molar-refractivity contribution in [2.45, 2.75) is 33.2 Å². The Hall–Kier alpha value is -3.41. The van der Waals surface area contributed by atoms with E-state index in [4.69, 9.17) is 4.74 Å². The summed E-state index contributed by atoms with van der Waals surface area (Å²) in [4.78, 5) is 39.3. The van der Waals surface area contributed by atoms with Crippen LogP contribution in [-0.4, -0.2) is 29.9 Å². The van der Waals surface area contributed by atoms with Crippen molar-refractivity contribution in [2.75, 3.05) is 12.0 Å². The molecular weight excluding hydrogens is 382 g/mol. The summed E-state index contributed by atoms with van der Waals surface area (Å²) in [6.45, 7) is 5.49. The van der Waals surface area contributed by atoms with Crippen LogP contribution in [0.5, 0.6) is 0 Å². The number of amides is 1. The SMILES string of the molecule is CCc1ccc(C2C(C(=O)C(C)C)=C(O)C(=O)N2c2cccc(C(=O)OC)c2)cc1. The van der Waals surface area contributed by atoms with E-state index in [0.717, 1.165) is 12.0 Å². The highest BCUT2D eigenvalue weighted by atomic mass is 16.5. The highest BCUT2D eigenvalue weighted by Crippen LogP contribution is 2.42. The molecule has 1 aliphatic rings. The molecule has 0 spiro atoms. The summed E-state index contributed by atoms with van der Waals surface area (Å²) in [5.74, 6) is -2.46. The lowest BCUT2D eigenvalue weighted by atomic mass is 9.90. The maximum Gasteiger partial charge on any atom is 0.337 e. The van der Waals surface area contributed by atoms with Crippen LogP contribution < -0.4 is 4.90 Å². The summed E-state index contributed by atoms with van der Waals surface area (Å²) < 4.78 is 4.77. The van der Waals surface area contributed by atoms with Crippen molar-refractivity contribution in [3.63, 3.8) is 0 Å². The molecule has 0 aromatic heterocycles. The summed E-state index contributed by atoms with van der Waals surface area (Å²) in [5.41, 5.74) is 2.56. The Morgan fingerprint density at radius 2 is 1.80 bits per heavy atom. The number of ether oxygens (including phenoxy) is 1. The lowest BCUT2D eigenvalue weighted by molar-refractivity contribution is -0.119. The maximum atomic E-state index is 13.1. The molecular formula is C24H25NO5. The number of hydrogen-bond acceptors (Lipinski definition) is 5. The van der Waals surface area contributed by atoms with Crippen molar-refractivity contribution in [1.29, 1.82) is 0 Å². The van der Waals surface area contributed by atoms with E-state index in [1.165, 1.54) is 18.1 Å². The molecule has 0 saturated heterocycles. The number of aryl methyl sites for hydroxylation is 1. The lowest BCUT2D eigenvalue weighted by Crippen LogP contribution is -2.31. The number of nitrogens with zero attached hydrogens (tertiary/aromatic N) is 1. The molecule has 30 heavy (non-hydrogen) atoms. The Kier molecular flexibility index (Phi) is 6.06. The van der Waals surface area contributed by atoms with Crippen LogP contribution >= 0.6 is 0 Å². The van der Waals surface area contributed by atoms with Gasteiger partial charge >= 0.3 is 5.97 Å². The quantitative estimate of drug-likeness (QED) is 0.727. The van der Waals surface area contributed by atoms with E-state index in [0.29, 0.717) is 11.3 Å². The zero-order valence-electron chi connectivity index (χ0n) is 17.5. The fourth-order valence-corrected chi connectivity index (χ4v) is 3.59. The van der Waals surface area contributed by atoms with Gasteiger partial charge in [-0.2, -0.15) is 0 Å². The molecule has 1 aliphatic heterocycles. The molecule has 0 bridgehead atoms. The molecule has 1 heterocycles. The van der Waals surface area contributed by atoms with Crippen LogP contribution in [0.25, 0.3) is 0 Å². The van der Waals surface area contributed by atoms with Gasteiger partial charge in [0.05, 0.1) is 24.3 Å². The predicted octanol–water partition coefficient (Wildman–Crippen LogP) is 4.16. The van der Waals surface area contributed by atoms with E-state index in [1.807, 2.05) is 31.2 Å². The molecule has 2 aromatic rings. The van der Waals surface area contributed by atoms with Gasteiger partial charge in [0.2, 0.25) is 0 Å².